The van der Waals surface area contributed by atoms with Crippen LogP contribution in [0.4, 0.5) is 4.79 Å². The van der Waals surface area contributed by atoms with Gasteiger partial charge in [-0.3, -0.25) is 4.79 Å². The zero-order valence-corrected chi connectivity index (χ0v) is 16.4. The van der Waals surface area contributed by atoms with Crippen LogP contribution in [0, 0.1) is 6.92 Å². The van der Waals surface area contributed by atoms with Crippen molar-refractivity contribution in [1.29, 1.82) is 0 Å². The first kappa shape index (κ1) is 19.7. The number of ether oxygens (including phenoxy) is 2. The minimum Gasteiger partial charge on any atom is -0.497 e. The summed E-state index contributed by atoms with van der Waals surface area (Å²) >= 11 is 0. The first-order valence-electron chi connectivity index (χ1n) is 9.36. The third-order valence-corrected chi connectivity index (χ3v) is 4.70. The lowest BCUT2D eigenvalue weighted by Gasteiger charge is -2.31. The molecule has 2 aromatic rings. The second kappa shape index (κ2) is 8.77. The molecule has 1 aromatic carbocycles. The van der Waals surface area contributed by atoms with Gasteiger partial charge in [-0.2, -0.15) is 0 Å². The fraction of sp³-hybridized carbons (Fsp3) is 0.450. The highest BCUT2D eigenvalue weighted by molar-refractivity contribution is 5.93. The van der Waals surface area contributed by atoms with Crippen LogP contribution in [0.3, 0.4) is 0 Å². The maximum Gasteiger partial charge on any atom is 0.409 e. The van der Waals surface area contributed by atoms with Crippen molar-refractivity contribution in [3.63, 3.8) is 0 Å². The van der Waals surface area contributed by atoms with Crippen LogP contribution in [0.1, 0.15) is 36.0 Å². The van der Waals surface area contributed by atoms with E-state index in [9.17, 15) is 9.59 Å². The fourth-order valence-corrected chi connectivity index (χ4v) is 3.14. The lowest BCUT2D eigenvalue weighted by atomic mass is 10.1. The van der Waals surface area contributed by atoms with Gasteiger partial charge < -0.3 is 24.1 Å². The highest BCUT2D eigenvalue weighted by atomic mass is 16.6. The predicted octanol–water partition coefficient (Wildman–Crippen LogP) is 3.01. The molecule has 0 saturated carbocycles. The topological polar surface area (TPSA) is 93.9 Å². The van der Waals surface area contributed by atoms with E-state index in [0.29, 0.717) is 44.2 Å². The molecule has 1 aromatic heterocycles. The summed E-state index contributed by atoms with van der Waals surface area (Å²) in [5, 5.41) is 2.99. The normalized spacial score (nSPS) is 14.6. The van der Waals surface area contributed by atoms with Crippen molar-refractivity contribution in [2.75, 3.05) is 26.8 Å². The van der Waals surface area contributed by atoms with Crippen LogP contribution < -0.4 is 10.1 Å². The minimum atomic E-state index is -0.302. The van der Waals surface area contributed by atoms with Gasteiger partial charge in [-0.05, 0) is 51.0 Å². The zero-order chi connectivity index (χ0) is 20.1. The Balaban J connectivity index is 1.61. The summed E-state index contributed by atoms with van der Waals surface area (Å²) < 4.78 is 15.8. The Hall–Kier alpha value is -3.03. The summed E-state index contributed by atoms with van der Waals surface area (Å²) in [6, 6.07) is 7.27. The first-order valence-corrected chi connectivity index (χ1v) is 9.36. The van der Waals surface area contributed by atoms with Gasteiger partial charge in [0.15, 0.2) is 5.69 Å². The Morgan fingerprint density at radius 1 is 1.25 bits per heavy atom. The van der Waals surface area contributed by atoms with Gasteiger partial charge in [0.25, 0.3) is 5.91 Å². The second-order valence-corrected chi connectivity index (χ2v) is 6.59. The zero-order valence-electron chi connectivity index (χ0n) is 16.4. The molecule has 1 N–H and O–H groups in total. The van der Waals surface area contributed by atoms with Crippen LogP contribution in [0.5, 0.6) is 5.75 Å². The summed E-state index contributed by atoms with van der Waals surface area (Å²) in [5.74, 6) is 1.32. The molecule has 1 aliphatic heterocycles. The molecule has 2 heterocycles. The van der Waals surface area contributed by atoms with Crippen LogP contribution in [0.2, 0.25) is 0 Å². The van der Waals surface area contributed by atoms with E-state index in [2.05, 4.69) is 10.3 Å². The number of carbonyl (C=O) groups excluding carboxylic acids is 2. The van der Waals surface area contributed by atoms with Gasteiger partial charge in [0, 0.05) is 24.7 Å². The van der Waals surface area contributed by atoms with E-state index in [0.717, 1.165) is 11.3 Å². The first-order chi connectivity index (χ1) is 13.5. The second-order valence-electron chi connectivity index (χ2n) is 6.59. The van der Waals surface area contributed by atoms with Gasteiger partial charge in [0.1, 0.15) is 11.5 Å². The molecule has 8 nitrogen and oxygen atoms in total. The summed E-state index contributed by atoms with van der Waals surface area (Å²) in [7, 11) is 1.60. The van der Waals surface area contributed by atoms with Gasteiger partial charge in [0.2, 0.25) is 5.89 Å². The number of aromatic nitrogens is 1. The van der Waals surface area contributed by atoms with E-state index < -0.39 is 0 Å². The Kier molecular flexibility index (Phi) is 6.18. The highest BCUT2D eigenvalue weighted by Crippen LogP contribution is 2.24. The molecule has 0 aliphatic carbocycles. The van der Waals surface area contributed by atoms with Gasteiger partial charge in [-0.1, -0.05) is 0 Å². The number of oxazole rings is 1. The summed E-state index contributed by atoms with van der Waals surface area (Å²) in [6.07, 6.45) is 1.04. The van der Waals surface area contributed by atoms with Crippen molar-refractivity contribution in [2.24, 2.45) is 0 Å². The average molecular weight is 387 g/mol. The molecule has 0 spiro atoms. The number of aryl methyl sites for hydroxylation is 1. The Labute approximate surface area is 163 Å². The molecule has 2 amide bonds. The summed E-state index contributed by atoms with van der Waals surface area (Å²) in [4.78, 5) is 30.4. The average Bonchev–Trinajstić information content (AvgIpc) is 3.10. The number of nitrogens with zero attached hydrogens (tertiary/aromatic N) is 2. The van der Waals surface area contributed by atoms with Crippen molar-refractivity contribution in [3.05, 3.63) is 35.7 Å². The Bertz CT molecular complexity index is 823. The third-order valence-electron chi connectivity index (χ3n) is 4.70. The summed E-state index contributed by atoms with van der Waals surface area (Å²) in [5.41, 5.74) is 1.05. The maximum atomic E-state index is 12.6. The number of methoxy groups -OCH3 is 1. The van der Waals surface area contributed by atoms with Gasteiger partial charge in [-0.15, -0.1) is 0 Å². The highest BCUT2D eigenvalue weighted by Gasteiger charge is 2.26. The number of hydrogen-bond donors (Lipinski definition) is 1. The van der Waals surface area contributed by atoms with Crippen molar-refractivity contribution in [1.82, 2.24) is 15.2 Å². The molecule has 0 bridgehead atoms. The standard InChI is InChI=1S/C20H25N3O5/c1-4-27-20(25)23-11-9-15(10-12-23)21-18(24)17-13(2)28-19(22-17)14-5-7-16(26-3)8-6-14/h5-8,15H,4,9-12H2,1-3H3,(H,21,24). The molecule has 8 heteroatoms. The smallest absolute Gasteiger partial charge is 0.409 e. The van der Waals surface area contributed by atoms with Crippen LogP contribution >= 0.6 is 0 Å². The van der Waals surface area contributed by atoms with E-state index >= 15 is 0 Å². The molecule has 1 saturated heterocycles. The molecular weight excluding hydrogens is 362 g/mol. The molecule has 0 atom stereocenters. The van der Waals surface area contributed by atoms with Crippen LogP contribution in [0.15, 0.2) is 28.7 Å². The van der Waals surface area contributed by atoms with E-state index in [1.54, 1.807) is 25.9 Å². The van der Waals surface area contributed by atoms with Crippen LogP contribution in [0.25, 0.3) is 11.5 Å². The fourth-order valence-electron chi connectivity index (χ4n) is 3.14. The van der Waals surface area contributed by atoms with Gasteiger partial charge in [-0.25, -0.2) is 9.78 Å². The van der Waals surface area contributed by atoms with E-state index in [-0.39, 0.29) is 23.7 Å². The van der Waals surface area contributed by atoms with Crippen molar-refractivity contribution in [2.45, 2.75) is 32.7 Å². The molecule has 0 radical (unpaired) electrons. The number of piperidine rings is 1. The molecule has 28 heavy (non-hydrogen) atoms. The van der Waals surface area contributed by atoms with E-state index in [1.165, 1.54) is 0 Å². The predicted molar refractivity (Wildman–Crippen MR) is 102 cm³/mol. The van der Waals surface area contributed by atoms with Gasteiger partial charge in [0.05, 0.1) is 13.7 Å². The number of likely N-dealkylation sites (tertiary alicyclic amines) is 1. The molecule has 1 fully saturated rings. The van der Waals surface area contributed by atoms with Crippen LogP contribution in [-0.2, 0) is 4.74 Å². The Morgan fingerprint density at radius 3 is 2.54 bits per heavy atom. The Morgan fingerprint density at radius 2 is 1.93 bits per heavy atom. The molecule has 0 unspecified atom stereocenters. The monoisotopic (exact) mass is 387 g/mol. The quantitative estimate of drug-likeness (QED) is 0.848. The van der Waals surface area contributed by atoms with Crippen molar-refractivity contribution >= 4 is 12.0 Å². The number of amides is 2. The number of benzene rings is 1. The largest absolute Gasteiger partial charge is 0.497 e. The maximum absolute atomic E-state index is 12.6. The number of nitrogens with one attached hydrogen (secondary N) is 1. The molecular formula is C20H25N3O5. The molecule has 1 aliphatic rings. The SMILES string of the molecule is CCOC(=O)N1CCC(NC(=O)c2nc(-c3ccc(OC)cc3)oc2C)CC1. The third kappa shape index (κ3) is 4.44. The lowest BCUT2D eigenvalue weighted by Crippen LogP contribution is -2.46. The summed E-state index contributed by atoms with van der Waals surface area (Å²) in [6.45, 7) is 4.97. The number of carbonyl (C=O) groups is 2. The van der Waals surface area contributed by atoms with Gasteiger partial charge >= 0.3 is 6.09 Å². The molecule has 3 rings (SSSR count). The van der Waals surface area contributed by atoms with Crippen molar-refractivity contribution < 1.29 is 23.5 Å². The van der Waals surface area contributed by atoms with E-state index in [1.807, 2.05) is 24.3 Å². The number of hydrogen-bond acceptors (Lipinski definition) is 6. The van der Waals surface area contributed by atoms with Crippen LogP contribution in [-0.4, -0.2) is 54.7 Å². The number of rotatable bonds is 5. The molecule has 150 valence electrons. The van der Waals surface area contributed by atoms with E-state index in [4.69, 9.17) is 13.9 Å². The lowest BCUT2D eigenvalue weighted by molar-refractivity contribution is 0.0856. The van der Waals surface area contributed by atoms with Crippen molar-refractivity contribution in [3.8, 4) is 17.2 Å². The minimum absolute atomic E-state index is 0.0151.